The van der Waals surface area contributed by atoms with Gasteiger partial charge in [0, 0.05) is 41.5 Å². The molecule has 11 heteroatoms. The Bertz CT molecular complexity index is 1520. The first-order valence-corrected chi connectivity index (χ1v) is 15.4. The number of ether oxygens (including phenoxy) is 2. The number of carbonyl (C=O) groups excluding carboxylic acids is 2. The number of allylic oxidation sites excluding steroid dienone is 2. The van der Waals surface area contributed by atoms with Crippen molar-refractivity contribution in [1.82, 2.24) is 4.31 Å². The number of anilines is 1. The van der Waals surface area contributed by atoms with Crippen LogP contribution in [0, 0.1) is 5.41 Å². The molecule has 2 N–H and O–H groups in total. The molecule has 0 aromatic heterocycles. The molecular weight excluding hydrogens is 566 g/mol. The molecule has 1 unspecified atom stereocenters. The lowest BCUT2D eigenvalue weighted by molar-refractivity contribution is -0.138. The van der Waals surface area contributed by atoms with Crippen LogP contribution in [0.5, 0.6) is 0 Å². The number of ketones is 1. The first kappa shape index (κ1) is 29.3. The van der Waals surface area contributed by atoms with E-state index in [9.17, 15) is 18.0 Å². The third kappa shape index (κ3) is 5.53. The number of halogens is 1. The summed E-state index contributed by atoms with van der Waals surface area (Å²) in [5, 5.41) is 0.526. The molecule has 0 bridgehead atoms. The number of nitrogens with two attached hydrogens (primary N) is 1. The van der Waals surface area contributed by atoms with Gasteiger partial charge in [-0.2, -0.15) is 4.31 Å². The average molecular weight is 600 g/mol. The van der Waals surface area contributed by atoms with Gasteiger partial charge in [-0.05, 0) is 60.7 Å². The van der Waals surface area contributed by atoms with Crippen molar-refractivity contribution < 1.29 is 27.5 Å². The standard InChI is InChI=1S/C30H34ClN3O6S/c1-4-40-29(36)27-25(19-5-7-20(31)8-6-19)26-23(17-30(2,3)18-24(26)35)34(28(27)32)21-9-11-22(12-10-21)41(37,38)33-13-15-39-16-14-33/h5-12,25H,4,13-18,32H2,1-3H3. The molecule has 2 heterocycles. The van der Waals surface area contributed by atoms with Gasteiger partial charge in [-0.3, -0.25) is 9.69 Å². The lowest BCUT2D eigenvalue weighted by atomic mass is 9.68. The minimum atomic E-state index is -3.71. The van der Waals surface area contributed by atoms with E-state index in [-0.39, 0.29) is 47.2 Å². The van der Waals surface area contributed by atoms with Gasteiger partial charge >= 0.3 is 5.97 Å². The predicted molar refractivity (Wildman–Crippen MR) is 156 cm³/mol. The Morgan fingerprint density at radius 2 is 1.71 bits per heavy atom. The molecule has 0 radical (unpaired) electrons. The third-order valence-corrected chi connectivity index (χ3v) is 9.83. The smallest absolute Gasteiger partial charge is 0.338 e. The fourth-order valence-corrected chi connectivity index (χ4v) is 7.34. The molecule has 41 heavy (non-hydrogen) atoms. The van der Waals surface area contributed by atoms with Crippen LogP contribution in [0.3, 0.4) is 0 Å². The Morgan fingerprint density at radius 3 is 2.32 bits per heavy atom. The fourth-order valence-electron chi connectivity index (χ4n) is 5.80. The highest BCUT2D eigenvalue weighted by Crippen LogP contribution is 2.50. The monoisotopic (exact) mass is 599 g/mol. The van der Waals surface area contributed by atoms with Crippen molar-refractivity contribution >= 4 is 39.1 Å². The first-order valence-electron chi connectivity index (χ1n) is 13.6. The Kier molecular flexibility index (Phi) is 8.04. The number of Topliss-reactive ketones (excluding diaryl/α,β-unsaturated/α-hetero) is 1. The second-order valence-electron chi connectivity index (χ2n) is 11.2. The summed E-state index contributed by atoms with van der Waals surface area (Å²) in [5.74, 6) is -1.30. The number of nitrogens with zero attached hydrogens (tertiary/aromatic N) is 2. The summed E-state index contributed by atoms with van der Waals surface area (Å²) >= 11 is 6.16. The van der Waals surface area contributed by atoms with E-state index in [0.29, 0.717) is 53.6 Å². The molecule has 0 saturated carbocycles. The van der Waals surface area contributed by atoms with Crippen molar-refractivity contribution in [1.29, 1.82) is 0 Å². The Labute approximate surface area is 245 Å². The summed E-state index contributed by atoms with van der Waals surface area (Å²) < 4.78 is 38.6. The van der Waals surface area contributed by atoms with Gasteiger partial charge in [0.05, 0.1) is 36.2 Å². The molecule has 5 rings (SSSR count). The van der Waals surface area contributed by atoms with E-state index in [2.05, 4.69) is 0 Å². The number of benzene rings is 2. The lowest BCUT2D eigenvalue weighted by Gasteiger charge is -2.44. The van der Waals surface area contributed by atoms with Crippen LogP contribution in [0.4, 0.5) is 5.69 Å². The van der Waals surface area contributed by atoms with Crippen molar-refractivity contribution in [2.24, 2.45) is 11.1 Å². The summed E-state index contributed by atoms with van der Waals surface area (Å²) in [4.78, 5) is 29.2. The van der Waals surface area contributed by atoms with E-state index in [1.807, 2.05) is 13.8 Å². The second kappa shape index (κ2) is 11.2. The highest BCUT2D eigenvalue weighted by molar-refractivity contribution is 7.89. The number of hydrogen-bond donors (Lipinski definition) is 1. The highest BCUT2D eigenvalue weighted by atomic mass is 35.5. The van der Waals surface area contributed by atoms with E-state index in [1.165, 1.54) is 16.4 Å². The van der Waals surface area contributed by atoms with Crippen LogP contribution in [0.1, 0.15) is 45.1 Å². The number of rotatable bonds is 6. The Morgan fingerprint density at radius 1 is 1.07 bits per heavy atom. The van der Waals surface area contributed by atoms with Crippen LogP contribution in [0.2, 0.25) is 5.02 Å². The molecule has 1 saturated heterocycles. The maximum atomic E-state index is 13.8. The topological polar surface area (TPSA) is 119 Å². The van der Waals surface area contributed by atoms with Gasteiger partial charge in [0.2, 0.25) is 10.0 Å². The fraction of sp³-hybridized carbons (Fsp3) is 0.400. The molecule has 1 fully saturated rings. The van der Waals surface area contributed by atoms with Gasteiger partial charge in [-0.25, -0.2) is 13.2 Å². The summed E-state index contributed by atoms with van der Waals surface area (Å²) in [5.41, 5.74) is 9.02. The van der Waals surface area contributed by atoms with E-state index in [0.717, 1.165) is 0 Å². The maximum Gasteiger partial charge on any atom is 0.338 e. The number of morpholine rings is 1. The zero-order valence-electron chi connectivity index (χ0n) is 23.4. The molecule has 1 aliphatic carbocycles. The van der Waals surface area contributed by atoms with Gasteiger partial charge < -0.3 is 15.2 Å². The summed E-state index contributed by atoms with van der Waals surface area (Å²) in [6.45, 7) is 7.13. The van der Waals surface area contributed by atoms with Crippen molar-refractivity contribution in [3.8, 4) is 0 Å². The molecule has 2 aliphatic heterocycles. The van der Waals surface area contributed by atoms with Crippen LogP contribution in [-0.4, -0.2) is 57.4 Å². The number of hydrogen-bond acceptors (Lipinski definition) is 8. The molecule has 9 nitrogen and oxygen atoms in total. The van der Waals surface area contributed by atoms with E-state index < -0.39 is 21.9 Å². The first-order chi connectivity index (χ1) is 19.4. The maximum absolute atomic E-state index is 13.8. The van der Waals surface area contributed by atoms with Crippen LogP contribution in [-0.2, 0) is 29.1 Å². The van der Waals surface area contributed by atoms with Gasteiger partial charge in [0.15, 0.2) is 5.78 Å². The summed E-state index contributed by atoms with van der Waals surface area (Å²) in [6, 6.07) is 13.4. The second-order valence-corrected chi connectivity index (χ2v) is 13.5. The minimum absolute atomic E-state index is 0.0815. The molecular formula is C30H34ClN3O6S. The van der Waals surface area contributed by atoms with Crippen molar-refractivity contribution in [2.75, 3.05) is 37.8 Å². The van der Waals surface area contributed by atoms with Gasteiger partial charge in [-0.15, -0.1) is 0 Å². The molecule has 2 aromatic rings. The highest BCUT2D eigenvalue weighted by Gasteiger charge is 2.46. The zero-order valence-corrected chi connectivity index (χ0v) is 24.9. The normalized spacial score (nSPS) is 21.6. The molecule has 3 aliphatic rings. The lowest BCUT2D eigenvalue weighted by Crippen LogP contribution is -2.43. The van der Waals surface area contributed by atoms with E-state index in [4.69, 9.17) is 26.8 Å². The predicted octanol–water partition coefficient (Wildman–Crippen LogP) is 4.34. The summed E-state index contributed by atoms with van der Waals surface area (Å²) in [6.07, 6.45) is 0.819. The van der Waals surface area contributed by atoms with Gasteiger partial charge in [-0.1, -0.05) is 37.6 Å². The average Bonchev–Trinajstić information content (AvgIpc) is 2.93. The van der Waals surface area contributed by atoms with Crippen molar-refractivity contribution in [3.05, 3.63) is 81.8 Å². The van der Waals surface area contributed by atoms with E-state index in [1.54, 1.807) is 48.2 Å². The number of carbonyl (C=O) groups is 2. The number of esters is 1. The molecule has 0 amide bonds. The SMILES string of the molecule is CCOC(=O)C1=C(N)N(c2ccc(S(=O)(=O)N3CCOCC3)cc2)C2=C(C(=O)CC(C)(C)C2)C1c1ccc(Cl)cc1. The van der Waals surface area contributed by atoms with Crippen LogP contribution >= 0.6 is 11.6 Å². The molecule has 218 valence electrons. The van der Waals surface area contributed by atoms with Gasteiger partial charge in [0.1, 0.15) is 5.82 Å². The molecule has 1 atom stereocenters. The van der Waals surface area contributed by atoms with Crippen molar-refractivity contribution in [2.45, 2.75) is 44.4 Å². The summed E-state index contributed by atoms with van der Waals surface area (Å²) in [7, 11) is -3.71. The largest absolute Gasteiger partial charge is 0.463 e. The number of sulfonamides is 1. The quantitative estimate of drug-likeness (QED) is 0.487. The minimum Gasteiger partial charge on any atom is -0.463 e. The Balaban J connectivity index is 1.66. The van der Waals surface area contributed by atoms with Gasteiger partial charge in [0.25, 0.3) is 0 Å². The molecule has 0 spiro atoms. The third-order valence-electron chi connectivity index (χ3n) is 7.66. The zero-order chi connectivity index (χ0) is 29.5. The van der Waals surface area contributed by atoms with Crippen LogP contribution < -0.4 is 10.6 Å². The van der Waals surface area contributed by atoms with Crippen LogP contribution in [0.15, 0.2) is 76.1 Å². The molecule has 2 aromatic carbocycles. The Hall–Kier alpha value is -3.18. The van der Waals surface area contributed by atoms with E-state index >= 15 is 0 Å². The van der Waals surface area contributed by atoms with Crippen molar-refractivity contribution in [3.63, 3.8) is 0 Å². The van der Waals surface area contributed by atoms with Crippen LogP contribution in [0.25, 0.3) is 0 Å².